The fraction of sp³-hybridized carbons (Fsp3) is 0.400. The molecule has 416 valence electrons. The molecule has 24 nitrogen and oxygen atoms in total. The minimum absolute atomic E-state index is 0.0908. The number of ether oxygens (including phenoxy) is 10. The van der Waals surface area contributed by atoms with Gasteiger partial charge in [-0.25, -0.2) is 4.57 Å². The second kappa shape index (κ2) is 27.9. The highest BCUT2D eigenvalue weighted by molar-refractivity contribution is 7.45. The first kappa shape index (κ1) is 59.4. The zero-order valence-corrected chi connectivity index (χ0v) is 46.6. The molecule has 8 rings (SSSR count). The average molecular weight is 1130 g/mol. The van der Waals surface area contributed by atoms with Gasteiger partial charge in [0.1, 0.15) is 12.2 Å². The van der Waals surface area contributed by atoms with E-state index in [0.717, 1.165) is 47.4 Å². The largest absolute Gasteiger partial charge is 0.493 e. The summed E-state index contributed by atoms with van der Waals surface area (Å²) in [6.45, 7) is 3.34. The Bertz CT molecular complexity index is 2870. The van der Waals surface area contributed by atoms with Crippen molar-refractivity contribution < 1.29 is 66.6 Å². The number of rotatable bonds is 20. The maximum absolute atomic E-state index is 8.88. The van der Waals surface area contributed by atoms with Gasteiger partial charge in [0, 0.05) is 64.6 Å². The molecule has 27 heteroatoms. The number of fused-ring (bicyclic) bond motifs is 2. The molecule has 0 saturated heterocycles. The molecular formula is C50H63Cl2N10O14P. The first-order valence-corrected chi connectivity index (χ1v) is 25.9. The molecule has 0 aliphatic carbocycles. The summed E-state index contributed by atoms with van der Waals surface area (Å²) < 4.78 is 64.8. The smallest absolute Gasteiger partial charge is 0.466 e. The molecule has 0 bridgehead atoms. The molecule has 2 unspecified atom stereocenters. The third kappa shape index (κ3) is 15.6. The van der Waals surface area contributed by atoms with Crippen molar-refractivity contribution in [3.8, 4) is 46.0 Å². The van der Waals surface area contributed by atoms with Gasteiger partial charge in [0.2, 0.25) is 34.4 Å². The van der Waals surface area contributed by atoms with Gasteiger partial charge in [0.25, 0.3) is 0 Å². The quantitative estimate of drug-likeness (QED) is 0.0485. The van der Waals surface area contributed by atoms with Crippen LogP contribution in [0.1, 0.15) is 45.6 Å². The van der Waals surface area contributed by atoms with Crippen LogP contribution in [-0.2, 0) is 40.0 Å². The number of anilines is 4. The molecular weight excluding hydrogens is 1070 g/mol. The maximum Gasteiger partial charge on any atom is 0.466 e. The minimum Gasteiger partial charge on any atom is -0.493 e. The molecule has 4 aromatic carbocycles. The number of hydrogen-bond donors (Lipinski definition) is 5. The molecule has 77 heavy (non-hydrogen) atoms. The van der Waals surface area contributed by atoms with Crippen LogP contribution < -0.4 is 58.3 Å². The average Bonchev–Trinajstić information content (AvgIpc) is 3.43. The Kier molecular flexibility index (Phi) is 21.5. The minimum atomic E-state index is -4.64. The lowest BCUT2D eigenvalue weighted by atomic mass is 9.99. The van der Waals surface area contributed by atoms with Gasteiger partial charge in [0.05, 0.1) is 56.9 Å². The van der Waals surface area contributed by atoms with Gasteiger partial charge in [-0.1, -0.05) is 24.3 Å². The Labute approximate surface area is 456 Å². The van der Waals surface area contributed by atoms with Crippen molar-refractivity contribution in [1.29, 1.82) is 0 Å². The predicted molar refractivity (Wildman–Crippen MR) is 288 cm³/mol. The van der Waals surface area contributed by atoms with Gasteiger partial charge in [-0.2, -0.15) is 29.9 Å². The van der Waals surface area contributed by atoms with E-state index in [9.17, 15) is 0 Å². The molecule has 2 aliphatic heterocycles. The summed E-state index contributed by atoms with van der Waals surface area (Å²) in [4.78, 5) is 52.2. The van der Waals surface area contributed by atoms with Crippen LogP contribution in [0.25, 0.3) is 0 Å². The Morgan fingerprint density at radius 3 is 1.19 bits per heavy atom. The van der Waals surface area contributed by atoms with E-state index in [4.69, 9.17) is 105 Å². The van der Waals surface area contributed by atoms with Gasteiger partial charge >= 0.3 is 7.82 Å². The highest BCUT2D eigenvalue weighted by Crippen LogP contribution is 2.39. The Hall–Kier alpha value is -6.89. The molecule has 5 N–H and O–H groups in total. The Morgan fingerprint density at radius 2 is 0.857 bits per heavy atom. The molecule has 2 aliphatic rings. The molecule has 2 atom stereocenters. The van der Waals surface area contributed by atoms with E-state index in [0.29, 0.717) is 96.8 Å². The fourth-order valence-electron chi connectivity index (χ4n) is 8.57. The van der Waals surface area contributed by atoms with Crippen LogP contribution in [0, 0.1) is 0 Å². The van der Waals surface area contributed by atoms with Crippen molar-refractivity contribution in [2.45, 2.75) is 38.1 Å². The monoisotopic (exact) mass is 1130 g/mol. The third-order valence-corrected chi connectivity index (χ3v) is 12.6. The number of halogens is 2. The lowest BCUT2D eigenvalue weighted by molar-refractivity contribution is 0.111. The van der Waals surface area contributed by atoms with Crippen LogP contribution in [0.4, 0.5) is 23.8 Å². The van der Waals surface area contributed by atoms with Gasteiger partial charge in [-0.3, -0.25) is 0 Å². The van der Waals surface area contributed by atoms with Crippen LogP contribution in [0.15, 0.2) is 60.7 Å². The van der Waals surface area contributed by atoms with Crippen molar-refractivity contribution in [2.75, 3.05) is 118 Å². The second-order valence-electron chi connectivity index (χ2n) is 16.6. The normalized spacial score (nSPS) is 13.4. The highest BCUT2D eigenvalue weighted by atomic mass is 35.5. The number of methoxy groups -OCH3 is 10. The molecule has 0 spiro atoms. The van der Waals surface area contributed by atoms with E-state index in [1.165, 1.54) is 11.1 Å². The van der Waals surface area contributed by atoms with Crippen LogP contribution in [0.3, 0.4) is 0 Å². The van der Waals surface area contributed by atoms with Crippen molar-refractivity contribution in [2.24, 2.45) is 0 Å². The number of para-hydroxylation sites is 2. The van der Waals surface area contributed by atoms with E-state index < -0.39 is 20.0 Å². The van der Waals surface area contributed by atoms with Gasteiger partial charge in [-0.15, -0.1) is 0 Å². The van der Waals surface area contributed by atoms with Crippen LogP contribution in [0.5, 0.6) is 46.0 Å². The first-order valence-electron chi connectivity index (χ1n) is 23.6. The van der Waals surface area contributed by atoms with Crippen LogP contribution in [-0.4, -0.2) is 142 Å². The number of benzene rings is 4. The molecule has 4 heterocycles. The number of aromatic nitrogens is 6. The topological polar surface area (TPSA) is 278 Å². The number of phosphoric acid groups is 1. The first-order chi connectivity index (χ1) is 37.0. The highest BCUT2D eigenvalue weighted by Gasteiger charge is 2.26. The van der Waals surface area contributed by atoms with Crippen molar-refractivity contribution in [3.05, 3.63) is 105 Å². The van der Waals surface area contributed by atoms with Crippen LogP contribution in [0.2, 0.25) is 10.6 Å². The third-order valence-electron chi connectivity index (χ3n) is 12.2. The Balaban J connectivity index is 0.000000292. The Morgan fingerprint density at radius 1 is 0.506 bits per heavy atom. The lowest BCUT2D eigenvalue weighted by Crippen LogP contribution is -2.32. The molecule has 0 fully saturated rings. The van der Waals surface area contributed by atoms with E-state index in [-0.39, 0.29) is 10.6 Å². The standard InChI is InChI=1S/C36H46N6O8.C14H14Cl2N4O2.H3O4P/c1-43-26-13-9-11-24(32(26)49-7)30(47-5)19-37-34-39-35(38-20-31(48-6)25-12-10-14-27(44-2)33(25)50-8)41-36(40-34)42-16-15-22-17-28(45-3)29(46-4)18-23(22)21-42;1-21-10-5-8-3-4-20(7-9(8)6-11(10)22-2)14-18-12(15)17-13(16)19-14;1-5(2,3)4/h9-14,17-18,30-31H,15-16,19-21H2,1-8H3,(H2,37,38,39,40,41);5-6H,3-4,7H2,1-2H3;(H3,1,2,3,4). The second-order valence-corrected chi connectivity index (χ2v) is 18.3. The summed E-state index contributed by atoms with van der Waals surface area (Å²) in [5.74, 6) is 6.96. The molecule has 0 amide bonds. The molecule has 6 aromatic rings. The number of hydrogen-bond acceptors (Lipinski definition) is 21. The molecule has 0 saturated carbocycles. The number of nitrogens with one attached hydrogen (secondary N) is 2. The van der Waals surface area contributed by atoms with Crippen LogP contribution >= 0.6 is 31.0 Å². The number of nitrogens with zero attached hydrogens (tertiary/aromatic N) is 8. The van der Waals surface area contributed by atoms with E-state index in [1.54, 1.807) is 71.1 Å². The lowest BCUT2D eigenvalue weighted by Gasteiger charge is -2.30. The zero-order valence-electron chi connectivity index (χ0n) is 44.2. The summed E-state index contributed by atoms with van der Waals surface area (Å²) in [5, 5.41) is 6.92. The van der Waals surface area contributed by atoms with Crippen molar-refractivity contribution >= 4 is 54.8 Å². The summed E-state index contributed by atoms with van der Waals surface area (Å²) in [5.41, 5.74) is 6.29. The van der Waals surface area contributed by atoms with Gasteiger partial charge in [-0.05, 0) is 94.7 Å². The summed E-state index contributed by atoms with van der Waals surface area (Å²) in [6, 6.07) is 19.4. The fourth-order valence-corrected chi connectivity index (χ4v) is 8.92. The van der Waals surface area contributed by atoms with E-state index in [1.807, 2.05) is 65.6 Å². The summed E-state index contributed by atoms with van der Waals surface area (Å²) in [6.07, 6.45) is 0.811. The van der Waals surface area contributed by atoms with Gasteiger partial charge in [0.15, 0.2) is 46.0 Å². The molecule has 0 radical (unpaired) electrons. The summed E-state index contributed by atoms with van der Waals surface area (Å²) >= 11 is 11.7. The zero-order chi connectivity index (χ0) is 55.8. The van der Waals surface area contributed by atoms with Crippen molar-refractivity contribution in [1.82, 2.24) is 29.9 Å². The van der Waals surface area contributed by atoms with E-state index >= 15 is 0 Å². The predicted octanol–water partition coefficient (Wildman–Crippen LogP) is 6.91. The van der Waals surface area contributed by atoms with E-state index in [2.05, 4.69) is 30.5 Å². The van der Waals surface area contributed by atoms with Crippen molar-refractivity contribution in [3.63, 3.8) is 0 Å². The SMILES string of the molecule is COc1cc2c(cc1OC)CN(c1nc(Cl)nc(Cl)n1)CC2.COc1cc2c(cc1OC)CN(c1nc(NCC(OC)c3cccc(OC)c3OC)nc(NCC(OC)c3cccc(OC)c3OC)n1)CC2.O=P(O)(O)O. The maximum atomic E-state index is 8.88. The summed E-state index contributed by atoms with van der Waals surface area (Å²) in [7, 11) is 11.6. The van der Waals surface area contributed by atoms with Gasteiger partial charge < -0.3 is 82.5 Å². The molecule has 2 aromatic heterocycles.